The molecule has 1 unspecified atom stereocenters. The standard InChI is InChI=1S/C23H28F2/c1-2-3-4-7-18-9-11-19(12-10-18)20-13-15-21(16-14-20)22-8-5-6-17-23(22,24)25/h9-16,22H,2-8,17H2,1H3. The van der Waals surface area contributed by atoms with Crippen molar-refractivity contribution in [2.24, 2.45) is 0 Å². The van der Waals surface area contributed by atoms with Gasteiger partial charge in [0.15, 0.2) is 0 Å². The lowest BCUT2D eigenvalue weighted by Gasteiger charge is -2.31. The molecule has 0 nitrogen and oxygen atoms in total. The molecule has 0 aliphatic heterocycles. The third-order valence-electron chi connectivity index (χ3n) is 5.43. The first kappa shape index (κ1) is 18.1. The monoisotopic (exact) mass is 342 g/mol. The van der Waals surface area contributed by atoms with Crippen LogP contribution in [0.25, 0.3) is 11.1 Å². The van der Waals surface area contributed by atoms with Crippen LogP contribution in [0, 0.1) is 0 Å². The number of alkyl halides is 2. The molecule has 2 aromatic rings. The van der Waals surface area contributed by atoms with Crippen LogP contribution in [0.3, 0.4) is 0 Å². The Kier molecular flexibility index (Phi) is 5.88. The average molecular weight is 342 g/mol. The van der Waals surface area contributed by atoms with Crippen molar-refractivity contribution < 1.29 is 8.78 Å². The first-order valence-electron chi connectivity index (χ1n) is 9.67. The van der Waals surface area contributed by atoms with E-state index in [1.54, 1.807) is 0 Å². The Hall–Kier alpha value is -1.70. The van der Waals surface area contributed by atoms with Crippen molar-refractivity contribution in [1.29, 1.82) is 0 Å². The van der Waals surface area contributed by atoms with Crippen LogP contribution in [0.2, 0.25) is 0 Å². The maximum Gasteiger partial charge on any atom is 0.254 e. The second-order valence-electron chi connectivity index (χ2n) is 7.34. The van der Waals surface area contributed by atoms with E-state index < -0.39 is 11.8 Å². The Morgan fingerprint density at radius 1 is 0.880 bits per heavy atom. The summed E-state index contributed by atoms with van der Waals surface area (Å²) in [4.78, 5) is 0. The van der Waals surface area contributed by atoms with Crippen molar-refractivity contribution in [2.45, 2.75) is 70.1 Å². The smallest absolute Gasteiger partial charge is 0.206 e. The Bertz CT molecular complexity index is 655. The van der Waals surface area contributed by atoms with Crippen molar-refractivity contribution in [1.82, 2.24) is 0 Å². The largest absolute Gasteiger partial charge is 0.254 e. The second-order valence-corrected chi connectivity index (χ2v) is 7.34. The van der Waals surface area contributed by atoms with Crippen molar-refractivity contribution in [3.05, 3.63) is 59.7 Å². The molecule has 0 amide bonds. The van der Waals surface area contributed by atoms with E-state index in [9.17, 15) is 8.78 Å². The van der Waals surface area contributed by atoms with Gasteiger partial charge in [-0.15, -0.1) is 0 Å². The van der Waals surface area contributed by atoms with Gasteiger partial charge in [-0.2, -0.15) is 0 Å². The first-order valence-corrected chi connectivity index (χ1v) is 9.67. The van der Waals surface area contributed by atoms with Crippen molar-refractivity contribution in [3.63, 3.8) is 0 Å². The molecule has 0 N–H and O–H groups in total. The van der Waals surface area contributed by atoms with E-state index in [1.807, 2.05) is 24.3 Å². The number of hydrogen-bond acceptors (Lipinski definition) is 0. The summed E-state index contributed by atoms with van der Waals surface area (Å²) in [6, 6.07) is 16.4. The van der Waals surface area contributed by atoms with E-state index in [0.29, 0.717) is 12.8 Å². The molecule has 0 saturated heterocycles. The summed E-state index contributed by atoms with van der Waals surface area (Å²) in [7, 11) is 0. The average Bonchev–Trinajstić information content (AvgIpc) is 2.62. The number of unbranched alkanes of at least 4 members (excludes halogenated alkanes) is 2. The highest BCUT2D eigenvalue weighted by atomic mass is 19.3. The molecule has 2 heteroatoms. The summed E-state index contributed by atoms with van der Waals surface area (Å²) in [6.45, 7) is 2.22. The predicted octanol–water partition coefficient (Wildman–Crippen LogP) is 7.38. The van der Waals surface area contributed by atoms with Gasteiger partial charge in [-0.1, -0.05) is 74.7 Å². The molecule has 0 bridgehead atoms. The molecule has 1 fully saturated rings. The van der Waals surface area contributed by atoms with E-state index in [2.05, 4.69) is 31.2 Å². The van der Waals surface area contributed by atoms with Crippen LogP contribution >= 0.6 is 0 Å². The number of benzene rings is 2. The van der Waals surface area contributed by atoms with Gasteiger partial charge in [-0.25, -0.2) is 8.78 Å². The quantitative estimate of drug-likeness (QED) is 0.480. The van der Waals surface area contributed by atoms with Crippen molar-refractivity contribution in [2.75, 3.05) is 0 Å². The highest BCUT2D eigenvalue weighted by molar-refractivity contribution is 5.64. The van der Waals surface area contributed by atoms with Crippen molar-refractivity contribution in [3.8, 4) is 11.1 Å². The lowest BCUT2D eigenvalue weighted by Crippen LogP contribution is -2.29. The van der Waals surface area contributed by atoms with Crippen LogP contribution in [0.1, 0.15) is 68.9 Å². The van der Waals surface area contributed by atoms with E-state index in [-0.39, 0.29) is 6.42 Å². The summed E-state index contributed by atoms with van der Waals surface area (Å²) in [5, 5.41) is 0. The number of hydrogen-bond donors (Lipinski definition) is 0. The van der Waals surface area contributed by atoms with Crippen LogP contribution in [0.15, 0.2) is 48.5 Å². The summed E-state index contributed by atoms with van der Waals surface area (Å²) >= 11 is 0. The minimum Gasteiger partial charge on any atom is -0.206 e. The minimum absolute atomic E-state index is 0.0267. The fourth-order valence-corrected chi connectivity index (χ4v) is 3.86. The Labute approximate surface area is 150 Å². The lowest BCUT2D eigenvalue weighted by molar-refractivity contribution is -0.0547. The summed E-state index contributed by atoms with van der Waals surface area (Å²) in [5.41, 5.74) is 4.41. The number of rotatable bonds is 6. The highest BCUT2D eigenvalue weighted by Gasteiger charge is 2.41. The SMILES string of the molecule is CCCCCc1ccc(-c2ccc(C3CCCCC3(F)F)cc2)cc1. The molecule has 1 saturated carbocycles. The van der Waals surface area contributed by atoms with Gasteiger partial charge in [-0.05, 0) is 47.9 Å². The normalized spacial score (nSPS) is 19.7. The molecule has 0 spiro atoms. The Morgan fingerprint density at radius 3 is 2.12 bits per heavy atom. The summed E-state index contributed by atoms with van der Waals surface area (Å²) in [5.74, 6) is -3.17. The van der Waals surface area contributed by atoms with E-state index in [1.165, 1.54) is 24.8 Å². The fraction of sp³-hybridized carbons (Fsp3) is 0.478. The molecule has 1 aliphatic carbocycles. The number of halogens is 2. The van der Waals surface area contributed by atoms with Gasteiger partial charge >= 0.3 is 0 Å². The molecule has 2 aromatic carbocycles. The topological polar surface area (TPSA) is 0 Å². The van der Waals surface area contributed by atoms with E-state index in [0.717, 1.165) is 29.5 Å². The predicted molar refractivity (Wildman–Crippen MR) is 101 cm³/mol. The highest BCUT2D eigenvalue weighted by Crippen LogP contribution is 2.44. The maximum absolute atomic E-state index is 14.1. The second kappa shape index (κ2) is 8.12. The lowest BCUT2D eigenvalue weighted by atomic mass is 9.80. The minimum atomic E-state index is -2.56. The third kappa shape index (κ3) is 4.48. The zero-order chi connectivity index (χ0) is 17.7. The molecule has 0 aromatic heterocycles. The van der Waals surface area contributed by atoms with Gasteiger partial charge in [0.2, 0.25) is 0 Å². The van der Waals surface area contributed by atoms with Crippen LogP contribution in [0.4, 0.5) is 8.78 Å². The van der Waals surface area contributed by atoms with Gasteiger partial charge in [-0.3, -0.25) is 0 Å². The Morgan fingerprint density at radius 2 is 1.52 bits per heavy atom. The molecule has 0 heterocycles. The van der Waals surface area contributed by atoms with Gasteiger partial charge in [0.1, 0.15) is 0 Å². The first-order chi connectivity index (χ1) is 12.1. The van der Waals surface area contributed by atoms with E-state index >= 15 is 0 Å². The van der Waals surface area contributed by atoms with Gasteiger partial charge in [0.25, 0.3) is 5.92 Å². The molecular formula is C23H28F2. The van der Waals surface area contributed by atoms with Gasteiger partial charge in [0, 0.05) is 12.3 Å². The third-order valence-corrected chi connectivity index (χ3v) is 5.43. The van der Waals surface area contributed by atoms with Crippen molar-refractivity contribution >= 4 is 0 Å². The molecule has 1 atom stereocenters. The Balaban J connectivity index is 1.69. The van der Waals surface area contributed by atoms with Gasteiger partial charge < -0.3 is 0 Å². The molecule has 25 heavy (non-hydrogen) atoms. The number of aryl methyl sites for hydroxylation is 1. The van der Waals surface area contributed by atoms with Crippen LogP contribution in [0.5, 0.6) is 0 Å². The maximum atomic E-state index is 14.1. The molecule has 0 radical (unpaired) electrons. The van der Waals surface area contributed by atoms with E-state index in [4.69, 9.17) is 0 Å². The van der Waals surface area contributed by atoms with Crippen LogP contribution in [-0.2, 0) is 6.42 Å². The molecule has 134 valence electrons. The molecule has 1 aliphatic rings. The molecule has 3 rings (SSSR count). The fourth-order valence-electron chi connectivity index (χ4n) is 3.86. The summed E-state index contributed by atoms with van der Waals surface area (Å²) < 4.78 is 28.3. The van der Waals surface area contributed by atoms with Gasteiger partial charge in [0.05, 0.1) is 0 Å². The zero-order valence-electron chi connectivity index (χ0n) is 15.1. The van der Waals surface area contributed by atoms with Crippen LogP contribution < -0.4 is 0 Å². The molecular weight excluding hydrogens is 314 g/mol. The van der Waals surface area contributed by atoms with Crippen LogP contribution in [-0.4, -0.2) is 5.92 Å². The zero-order valence-corrected chi connectivity index (χ0v) is 15.1. The summed E-state index contributed by atoms with van der Waals surface area (Å²) in [6.07, 6.45) is 7.05.